The maximum absolute atomic E-state index is 9.06. The second kappa shape index (κ2) is 3.00. The Kier molecular flexibility index (Phi) is 2.24. The van der Waals surface area contributed by atoms with Crippen LogP contribution in [0.5, 0.6) is 0 Å². The lowest BCUT2D eigenvalue weighted by Crippen LogP contribution is -2.36. The largest absolute Gasteiger partial charge is 0.492 e. The van der Waals surface area contributed by atoms with E-state index < -0.39 is 0 Å². The molecule has 4 nitrogen and oxygen atoms in total. The highest BCUT2D eigenvalue weighted by Crippen LogP contribution is 2.13. The minimum Gasteiger partial charge on any atom is -0.492 e. The van der Waals surface area contributed by atoms with E-state index in [1.165, 1.54) is 6.54 Å². The van der Waals surface area contributed by atoms with Crippen molar-refractivity contribution in [2.24, 2.45) is 4.99 Å². The van der Waals surface area contributed by atoms with Crippen molar-refractivity contribution in [3.05, 3.63) is 17.5 Å². The first-order valence-electron chi connectivity index (χ1n) is 3.06. The van der Waals surface area contributed by atoms with Gasteiger partial charge in [-0.25, -0.2) is 0 Å². The van der Waals surface area contributed by atoms with Crippen LogP contribution < -0.4 is 5.32 Å². The van der Waals surface area contributed by atoms with Gasteiger partial charge in [-0.1, -0.05) is 11.6 Å². The molecule has 0 aliphatic carbocycles. The van der Waals surface area contributed by atoms with Crippen molar-refractivity contribution in [1.82, 2.24) is 10.2 Å². The molecule has 0 amide bonds. The second-order valence-corrected chi connectivity index (χ2v) is 2.70. The number of nitrogens with zero attached hydrogens (tertiary/aromatic N) is 2. The summed E-state index contributed by atoms with van der Waals surface area (Å²) in [7, 11) is 3.62. The molecule has 0 spiro atoms. The first kappa shape index (κ1) is 8.20. The van der Waals surface area contributed by atoms with Crippen LogP contribution in [0.2, 0.25) is 0 Å². The van der Waals surface area contributed by atoms with Crippen LogP contribution in [0.3, 0.4) is 0 Å². The fraction of sp³-hybridized carbons (Fsp3) is 0.333. The molecule has 1 radical (unpaired) electrons. The Morgan fingerprint density at radius 2 is 2.27 bits per heavy atom. The van der Waals surface area contributed by atoms with E-state index in [1.807, 2.05) is 14.1 Å². The average Bonchev–Trinajstić information content (AvgIpc) is 1.94. The Morgan fingerprint density at radius 1 is 1.64 bits per heavy atom. The van der Waals surface area contributed by atoms with E-state index in [0.29, 0.717) is 5.96 Å². The number of hydrogen-bond acceptors (Lipinski definition) is 4. The summed E-state index contributed by atoms with van der Waals surface area (Å²) in [6.45, 7) is 1.49. The van der Waals surface area contributed by atoms with Crippen LogP contribution in [0.4, 0.5) is 0 Å². The van der Waals surface area contributed by atoms with Crippen LogP contribution in [0.25, 0.3) is 0 Å². The molecule has 0 fully saturated rings. The summed E-state index contributed by atoms with van der Waals surface area (Å²) in [6, 6.07) is 0. The summed E-state index contributed by atoms with van der Waals surface area (Å²) in [5.74, 6) is 0.404. The maximum Gasteiger partial charge on any atom is 0.231 e. The molecule has 61 valence electrons. The molecule has 1 aliphatic rings. The molecule has 0 aromatic heterocycles. The number of aliphatic imine (C=N–C) groups is 1. The number of hydrogen-bond donors (Lipinski definition) is 2. The highest BCUT2D eigenvalue weighted by atomic mass is 35.5. The number of aliphatic hydroxyl groups is 1. The van der Waals surface area contributed by atoms with Gasteiger partial charge in [0, 0.05) is 14.1 Å². The predicted octanol–water partition coefficient (Wildman–Crippen LogP) is 0.635. The normalized spacial score (nSPS) is 17.5. The highest BCUT2D eigenvalue weighted by molar-refractivity contribution is 6.31. The zero-order valence-corrected chi connectivity index (χ0v) is 7.05. The molecule has 0 aromatic carbocycles. The van der Waals surface area contributed by atoms with Crippen LogP contribution in [0.1, 0.15) is 0 Å². The first-order chi connectivity index (χ1) is 5.11. The van der Waals surface area contributed by atoms with Crippen LogP contribution in [-0.2, 0) is 0 Å². The van der Waals surface area contributed by atoms with Crippen LogP contribution in [-0.4, -0.2) is 30.1 Å². The van der Waals surface area contributed by atoms with Gasteiger partial charge in [0.15, 0.2) is 0 Å². The van der Waals surface area contributed by atoms with E-state index >= 15 is 0 Å². The maximum atomic E-state index is 9.06. The number of aliphatic hydroxyl groups excluding tert-OH is 1. The van der Waals surface area contributed by atoms with Crippen molar-refractivity contribution >= 4 is 17.6 Å². The predicted molar refractivity (Wildman–Crippen MR) is 44.1 cm³/mol. The van der Waals surface area contributed by atoms with Crippen LogP contribution in [0.15, 0.2) is 15.9 Å². The number of guanidine groups is 1. The first-order valence-corrected chi connectivity index (χ1v) is 3.43. The van der Waals surface area contributed by atoms with Gasteiger partial charge in [0.2, 0.25) is 11.8 Å². The van der Waals surface area contributed by atoms with Gasteiger partial charge in [0.1, 0.15) is 5.03 Å². The van der Waals surface area contributed by atoms with Gasteiger partial charge in [-0.05, 0) is 0 Å². The third-order valence-corrected chi connectivity index (χ3v) is 1.46. The lowest BCUT2D eigenvalue weighted by atomic mass is 10.5. The number of rotatable bonds is 0. The van der Waals surface area contributed by atoms with Crippen molar-refractivity contribution in [2.75, 3.05) is 14.1 Å². The van der Waals surface area contributed by atoms with Crippen LogP contribution in [0, 0.1) is 6.54 Å². The van der Waals surface area contributed by atoms with Crippen molar-refractivity contribution < 1.29 is 5.11 Å². The summed E-state index contributed by atoms with van der Waals surface area (Å²) >= 11 is 5.52. The molecular formula is C6H9ClN3O. The molecular weight excluding hydrogens is 166 g/mol. The van der Waals surface area contributed by atoms with Gasteiger partial charge in [-0.15, -0.1) is 0 Å². The van der Waals surface area contributed by atoms with Gasteiger partial charge < -0.3 is 15.3 Å². The minimum absolute atomic E-state index is 0.158. The number of halogens is 1. The molecule has 5 heteroatoms. The van der Waals surface area contributed by atoms with Gasteiger partial charge in [-0.3, -0.25) is 0 Å². The summed E-state index contributed by atoms with van der Waals surface area (Å²) in [5.41, 5.74) is 0. The fourth-order valence-electron chi connectivity index (χ4n) is 0.608. The van der Waals surface area contributed by atoms with Gasteiger partial charge in [0.05, 0.1) is 6.54 Å². The average molecular weight is 175 g/mol. The molecule has 11 heavy (non-hydrogen) atoms. The zero-order chi connectivity index (χ0) is 8.43. The number of nitrogens with one attached hydrogen (secondary N) is 1. The topological polar surface area (TPSA) is 47.9 Å². The standard InChI is InChI=1S/C6H9ClN3O/c1-10(2)6-8-3-4(7)5(11)9-6/h3,11H,1-2H3,(H,8,9). The molecule has 0 saturated carbocycles. The summed E-state index contributed by atoms with van der Waals surface area (Å²) < 4.78 is 0. The Balaban J connectivity index is 2.81. The van der Waals surface area contributed by atoms with Crippen LogP contribution >= 0.6 is 11.6 Å². The minimum atomic E-state index is -0.158. The van der Waals surface area contributed by atoms with E-state index in [-0.39, 0.29) is 10.9 Å². The smallest absolute Gasteiger partial charge is 0.231 e. The SMILES string of the molecule is CN(C)C1=NC(O)=C(Cl)[CH]N1. The molecule has 2 N–H and O–H groups in total. The lowest BCUT2D eigenvalue weighted by Gasteiger charge is -2.19. The molecule has 1 heterocycles. The Morgan fingerprint density at radius 3 is 2.73 bits per heavy atom. The quantitative estimate of drug-likeness (QED) is 0.567. The van der Waals surface area contributed by atoms with Crippen molar-refractivity contribution in [3.63, 3.8) is 0 Å². The van der Waals surface area contributed by atoms with Gasteiger partial charge >= 0.3 is 0 Å². The summed E-state index contributed by atoms with van der Waals surface area (Å²) in [4.78, 5) is 5.50. The third kappa shape index (κ3) is 1.77. The molecule has 0 saturated heterocycles. The highest BCUT2D eigenvalue weighted by Gasteiger charge is 2.12. The summed E-state index contributed by atoms with van der Waals surface area (Å²) in [6.07, 6.45) is 0. The van der Waals surface area contributed by atoms with Crippen molar-refractivity contribution in [1.29, 1.82) is 0 Å². The van der Waals surface area contributed by atoms with E-state index in [2.05, 4.69) is 10.3 Å². The van der Waals surface area contributed by atoms with Gasteiger partial charge in [-0.2, -0.15) is 4.99 Å². The van der Waals surface area contributed by atoms with E-state index in [9.17, 15) is 0 Å². The van der Waals surface area contributed by atoms with E-state index in [1.54, 1.807) is 4.90 Å². The van der Waals surface area contributed by atoms with Gasteiger partial charge in [0.25, 0.3) is 0 Å². The molecule has 1 aliphatic heterocycles. The van der Waals surface area contributed by atoms with Crippen molar-refractivity contribution in [2.45, 2.75) is 0 Å². The Labute approximate surface area is 70.2 Å². The summed E-state index contributed by atoms with van der Waals surface area (Å²) in [5, 5.41) is 12.1. The molecule has 0 aromatic rings. The lowest BCUT2D eigenvalue weighted by molar-refractivity contribution is 0.396. The second-order valence-electron chi connectivity index (χ2n) is 2.29. The molecule has 1 rings (SSSR count). The third-order valence-electron chi connectivity index (χ3n) is 1.18. The monoisotopic (exact) mass is 174 g/mol. The van der Waals surface area contributed by atoms with E-state index in [4.69, 9.17) is 16.7 Å². The van der Waals surface area contributed by atoms with Crippen molar-refractivity contribution in [3.8, 4) is 0 Å². The fourth-order valence-corrected chi connectivity index (χ4v) is 0.704. The Hall–Kier alpha value is -0.900. The van der Waals surface area contributed by atoms with E-state index in [0.717, 1.165) is 0 Å². The molecule has 0 bridgehead atoms. The zero-order valence-electron chi connectivity index (χ0n) is 6.30. The molecule has 0 atom stereocenters. The molecule has 0 unspecified atom stereocenters. The Bertz CT molecular complexity index is 222.